The van der Waals surface area contributed by atoms with Crippen molar-refractivity contribution < 1.29 is 9.90 Å². The minimum absolute atomic E-state index is 0.0739. The molecule has 0 bridgehead atoms. The molecule has 0 radical (unpaired) electrons. The molecule has 0 spiro atoms. The maximum Gasteiger partial charge on any atom is 0.306 e. The van der Waals surface area contributed by atoms with Gasteiger partial charge in [-0.1, -0.05) is 26.2 Å². The summed E-state index contributed by atoms with van der Waals surface area (Å²) in [5, 5.41) is 9.14. The fourth-order valence-corrected chi connectivity index (χ4v) is 19.1. The van der Waals surface area contributed by atoms with Crippen molar-refractivity contribution in [3.63, 3.8) is 0 Å². The van der Waals surface area contributed by atoms with Crippen LogP contribution in [-0.4, -0.2) is 37.8 Å². The zero-order valence-corrected chi connectivity index (χ0v) is 13.5. The summed E-state index contributed by atoms with van der Waals surface area (Å²) >= 11 is 0. The first kappa shape index (κ1) is 13.3. The van der Waals surface area contributed by atoms with Crippen LogP contribution >= 0.6 is 0 Å². The second-order valence-electron chi connectivity index (χ2n) is 7.00. The van der Waals surface area contributed by atoms with Gasteiger partial charge in [0.2, 0.25) is 0 Å². The Morgan fingerprint density at radius 2 is 1.65 bits per heavy atom. The smallest absolute Gasteiger partial charge is 0.306 e. The lowest BCUT2D eigenvalue weighted by Crippen LogP contribution is -2.59. The highest BCUT2D eigenvalue weighted by Crippen LogP contribution is 2.43. The van der Waals surface area contributed by atoms with E-state index in [1.54, 1.807) is 0 Å². The lowest BCUT2D eigenvalue weighted by Gasteiger charge is -2.43. The normalized spacial score (nSPS) is 36.2. The monoisotopic (exact) mass is 271 g/mol. The third-order valence-corrected chi connectivity index (χ3v) is 15.2. The van der Waals surface area contributed by atoms with E-state index >= 15 is 0 Å². The molecule has 1 saturated carbocycles. The summed E-state index contributed by atoms with van der Waals surface area (Å²) in [6.07, 6.45) is 2.91. The van der Waals surface area contributed by atoms with Crippen LogP contribution in [0.2, 0.25) is 38.3 Å². The first-order chi connectivity index (χ1) is 7.74. The van der Waals surface area contributed by atoms with Gasteiger partial charge in [-0.2, -0.15) is 0 Å². The molecule has 98 valence electrons. The van der Waals surface area contributed by atoms with Gasteiger partial charge in [0.25, 0.3) is 0 Å². The lowest BCUT2D eigenvalue weighted by atomic mass is 10.1. The number of rotatable bonds is 2. The third-order valence-electron chi connectivity index (χ3n) is 4.77. The zero-order chi connectivity index (χ0) is 12.8. The van der Waals surface area contributed by atoms with Crippen molar-refractivity contribution in [3.8, 4) is 0 Å². The largest absolute Gasteiger partial charge is 0.481 e. The number of hydrogen-bond acceptors (Lipinski definition) is 2. The van der Waals surface area contributed by atoms with E-state index < -0.39 is 22.4 Å². The van der Waals surface area contributed by atoms with Crippen molar-refractivity contribution in [3.05, 3.63) is 0 Å². The van der Waals surface area contributed by atoms with E-state index in [2.05, 4.69) is 30.4 Å². The van der Waals surface area contributed by atoms with E-state index in [-0.39, 0.29) is 5.92 Å². The molecule has 0 aromatic rings. The molecule has 2 atom stereocenters. The van der Waals surface area contributed by atoms with Crippen LogP contribution < -0.4 is 0 Å². The van der Waals surface area contributed by atoms with E-state index in [0.29, 0.717) is 6.04 Å². The van der Waals surface area contributed by atoms with Gasteiger partial charge in [0, 0.05) is 0 Å². The highest BCUT2D eigenvalue weighted by Gasteiger charge is 2.51. The van der Waals surface area contributed by atoms with Crippen LogP contribution in [0, 0.1) is 5.92 Å². The molecule has 1 aliphatic heterocycles. The Morgan fingerprint density at radius 1 is 1.12 bits per heavy atom. The fraction of sp³-hybridized carbons (Fsp3) is 0.917. The number of aliphatic carboxylic acids is 1. The van der Waals surface area contributed by atoms with Gasteiger partial charge >= 0.3 is 5.97 Å². The van der Waals surface area contributed by atoms with Gasteiger partial charge in [-0.3, -0.25) is 4.79 Å². The van der Waals surface area contributed by atoms with Crippen LogP contribution in [0.4, 0.5) is 0 Å². The topological polar surface area (TPSA) is 40.5 Å². The van der Waals surface area contributed by atoms with Crippen LogP contribution in [0.1, 0.15) is 19.3 Å². The Balaban J connectivity index is 2.14. The Morgan fingerprint density at radius 3 is 2.06 bits per heavy atom. The molecule has 0 aromatic heterocycles. The maximum absolute atomic E-state index is 11.1. The average Bonchev–Trinajstić information content (AvgIpc) is 2.70. The predicted octanol–water partition coefficient (Wildman–Crippen LogP) is 2.97. The molecule has 17 heavy (non-hydrogen) atoms. The number of carbonyl (C=O) groups is 1. The molecular weight excluding hydrogens is 246 g/mol. The second kappa shape index (κ2) is 4.21. The maximum atomic E-state index is 11.1. The highest BCUT2D eigenvalue weighted by atomic mass is 28.4. The summed E-state index contributed by atoms with van der Waals surface area (Å²) in [5.41, 5.74) is 0. The van der Waals surface area contributed by atoms with E-state index in [9.17, 15) is 4.79 Å². The van der Waals surface area contributed by atoms with Crippen LogP contribution in [0.25, 0.3) is 0 Å². The molecule has 2 unspecified atom stereocenters. The van der Waals surface area contributed by atoms with Gasteiger partial charge in [-0.15, -0.1) is 0 Å². The van der Waals surface area contributed by atoms with Gasteiger partial charge < -0.3 is 9.34 Å². The first-order valence-electron chi connectivity index (χ1n) is 6.76. The van der Waals surface area contributed by atoms with Gasteiger partial charge in [0.1, 0.15) is 16.5 Å². The second-order valence-corrected chi connectivity index (χ2v) is 16.7. The first-order valence-corrected chi connectivity index (χ1v) is 13.1. The van der Waals surface area contributed by atoms with E-state index in [4.69, 9.17) is 5.11 Å². The van der Waals surface area contributed by atoms with Crippen LogP contribution in [0.3, 0.4) is 0 Å². The van der Waals surface area contributed by atoms with Gasteiger partial charge in [0.05, 0.1) is 5.92 Å². The summed E-state index contributed by atoms with van der Waals surface area (Å²) in [4.78, 5) is 11.1. The number of hydrogen-bond donors (Lipinski definition) is 1. The summed E-state index contributed by atoms with van der Waals surface area (Å²) in [5.74, 6) is -0.652. The molecule has 1 aliphatic carbocycles. The van der Waals surface area contributed by atoms with E-state index in [1.165, 1.54) is 12.1 Å². The summed E-state index contributed by atoms with van der Waals surface area (Å²) < 4.78 is 2.88. The van der Waals surface area contributed by atoms with Crippen molar-refractivity contribution in [2.75, 3.05) is 0 Å². The Hall–Kier alpha value is -0.136. The van der Waals surface area contributed by atoms with Gasteiger partial charge in [-0.25, -0.2) is 0 Å². The molecule has 2 fully saturated rings. The van der Waals surface area contributed by atoms with Crippen molar-refractivity contribution in [1.82, 2.24) is 4.23 Å². The highest BCUT2D eigenvalue weighted by molar-refractivity contribution is 6.95. The molecule has 2 aliphatic rings. The van der Waals surface area contributed by atoms with Crippen LogP contribution in [0.15, 0.2) is 0 Å². The lowest BCUT2D eigenvalue weighted by molar-refractivity contribution is -0.141. The molecule has 0 aromatic carbocycles. The summed E-state index contributed by atoms with van der Waals surface area (Å²) in [7, 11) is -2.46. The predicted molar refractivity (Wildman–Crippen MR) is 75.2 cm³/mol. The molecular formula is C12H25NO2Si2. The Kier molecular flexibility index (Phi) is 3.29. The minimum Gasteiger partial charge on any atom is -0.481 e. The molecule has 5 heteroatoms. The summed E-state index contributed by atoms with van der Waals surface area (Å²) in [6, 6.07) is 3.42. The van der Waals surface area contributed by atoms with Crippen molar-refractivity contribution >= 4 is 22.4 Å². The average molecular weight is 272 g/mol. The molecule has 0 amide bonds. The zero-order valence-electron chi connectivity index (χ0n) is 11.5. The van der Waals surface area contributed by atoms with E-state index in [1.807, 2.05) is 0 Å². The van der Waals surface area contributed by atoms with Crippen molar-refractivity contribution in [1.29, 1.82) is 0 Å². The molecule has 3 nitrogen and oxygen atoms in total. The molecule has 1 heterocycles. The van der Waals surface area contributed by atoms with Crippen molar-refractivity contribution in [2.45, 2.75) is 63.6 Å². The van der Waals surface area contributed by atoms with E-state index in [0.717, 1.165) is 19.3 Å². The molecule has 2 rings (SSSR count). The summed E-state index contributed by atoms with van der Waals surface area (Å²) in [6.45, 7) is 9.90. The Bertz CT molecular complexity index is 314. The van der Waals surface area contributed by atoms with Crippen LogP contribution in [0.5, 0.6) is 0 Å². The number of nitrogens with zero attached hydrogens (tertiary/aromatic N) is 1. The standard InChI is InChI=1S/C12H25NO2Si2/c1-16(2)7-8-17(3,4)13(16)11-6-5-10(9-11)12(14)15/h10-11H,5-9H2,1-4H3,(H,14,15). The van der Waals surface area contributed by atoms with Crippen molar-refractivity contribution in [2.24, 2.45) is 5.92 Å². The van der Waals surface area contributed by atoms with Gasteiger partial charge in [-0.05, 0) is 37.4 Å². The minimum atomic E-state index is -1.23. The quantitative estimate of drug-likeness (QED) is 0.785. The van der Waals surface area contributed by atoms with Crippen LogP contribution in [-0.2, 0) is 4.79 Å². The number of carboxylic acid groups (broad SMARTS) is 1. The SMILES string of the molecule is C[Si]1(C)CC[Si](C)(C)N1C1CCC(C(=O)O)C1. The number of carboxylic acids is 1. The fourth-order valence-electron chi connectivity index (χ4n) is 4.08. The molecule has 1 N–H and O–H groups in total. The van der Waals surface area contributed by atoms with Gasteiger partial charge in [0.15, 0.2) is 0 Å². The Labute approximate surface area is 106 Å². The molecule has 1 saturated heterocycles. The third kappa shape index (κ3) is 2.37.